The van der Waals surface area contributed by atoms with E-state index in [-0.39, 0.29) is 24.3 Å². The number of carbonyl (C=O) groups is 2. The van der Waals surface area contributed by atoms with Crippen molar-refractivity contribution in [2.45, 2.75) is 52.2 Å². The number of rotatable bonds is 12. The fraction of sp³-hybridized carbons (Fsp3) is 0.440. The molecule has 0 bridgehead atoms. The van der Waals surface area contributed by atoms with Gasteiger partial charge in [0, 0.05) is 19.0 Å². The highest BCUT2D eigenvalue weighted by Gasteiger charge is 2.26. The number of ether oxygens (including phenoxy) is 3. The molecule has 0 heterocycles. The number of carbonyl (C=O) groups excluding carboxylic acids is 2. The Balaban J connectivity index is 1.98. The summed E-state index contributed by atoms with van der Waals surface area (Å²) in [6.07, 6.45) is 0.827. The Morgan fingerprint density at radius 2 is 1.41 bits per heavy atom. The molecule has 2 aromatic rings. The lowest BCUT2D eigenvalue weighted by Crippen LogP contribution is -2.49. The second-order valence-electron chi connectivity index (χ2n) is 7.84. The molecule has 1 atom stereocenters. The predicted octanol–water partition coefficient (Wildman–Crippen LogP) is 3.80. The molecule has 7 nitrogen and oxygen atoms in total. The Hall–Kier alpha value is -3.22. The minimum Gasteiger partial charge on any atom is -0.497 e. The number of hydrogen-bond donors (Lipinski definition) is 1. The molecule has 0 aromatic heterocycles. The monoisotopic (exact) mass is 442 g/mol. The average molecular weight is 443 g/mol. The van der Waals surface area contributed by atoms with E-state index in [4.69, 9.17) is 14.2 Å². The molecule has 0 radical (unpaired) electrons. The Bertz CT molecular complexity index is 850. The molecule has 2 amide bonds. The van der Waals surface area contributed by atoms with Crippen LogP contribution in [0.25, 0.3) is 0 Å². The van der Waals surface area contributed by atoms with E-state index in [1.165, 1.54) is 0 Å². The summed E-state index contributed by atoms with van der Waals surface area (Å²) in [6, 6.07) is 14.2. The molecule has 0 aliphatic carbocycles. The number of benzene rings is 2. The van der Waals surface area contributed by atoms with E-state index in [9.17, 15) is 9.59 Å². The van der Waals surface area contributed by atoms with Crippen LogP contribution in [0.3, 0.4) is 0 Å². The summed E-state index contributed by atoms with van der Waals surface area (Å²) in [6.45, 7) is 6.30. The number of hydrogen-bond acceptors (Lipinski definition) is 5. The largest absolute Gasteiger partial charge is 0.497 e. The minimum absolute atomic E-state index is 0.000727. The van der Waals surface area contributed by atoms with Crippen molar-refractivity contribution in [3.8, 4) is 17.2 Å². The van der Waals surface area contributed by atoms with Crippen molar-refractivity contribution in [2.24, 2.45) is 0 Å². The number of amides is 2. The summed E-state index contributed by atoms with van der Waals surface area (Å²) in [5.74, 6) is 1.96. The highest BCUT2D eigenvalue weighted by atomic mass is 16.5. The van der Waals surface area contributed by atoms with Crippen LogP contribution in [0.2, 0.25) is 0 Å². The van der Waals surface area contributed by atoms with Gasteiger partial charge < -0.3 is 24.4 Å². The van der Waals surface area contributed by atoms with Crippen molar-refractivity contribution in [1.29, 1.82) is 0 Å². The Morgan fingerprint density at radius 3 is 1.94 bits per heavy atom. The van der Waals surface area contributed by atoms with Crippen LogP contribution < -0.4 is 19.5 Å². The molecule has 2 aromatic carbocycles. The molecule has 0 aliphatic rings. The quantitative estimate of drug-likeness (QED) is 0.506. The first-order valence-electron chi connectivity index (χ1n) is 10.8. The molecule has 7 heteroatoms. The number of nitrogens with one attached hydrogen (secondary N) is 1. The zero-order chi connectivity index (χ0) is 23.5. The highest BCUT2D eigenvalue weighted by Crippen LogP contribution is 2.18. The van der Waals surface area contributed by atoms with E-state index >= 15 is 0 Å². The molecular formula is C25H34N2O5. The van der Waals surface area contributed by atoms with Crippen LogP contribution in [0.5, 0.6) is 17.2 Å². The molecule has 174 valence electrons. The van der Waals surface area contributed by atoms with Crippen molar-refractivity contribution in [3.05, 3.63) is 54.1 Å². The standard InChI is InChI=1S/C25H34N2O5/c1-18(2)26-25(29)19(3)27(17-20-8-10-21(30-4)11-9-20)24(28)7-6-16-32-23-14-12-22(31-5)13-15-23/h8-15,18-19H,6-7,16-17H2,1-5H3,(H,26,29)/t19-/m0/s1. The van der Waals surface area contributed by atoms with E-state index in [2.05, 4.69) is 5.32 Å². The van der Waals surface area contributed by atoms with Crippen LogP contribution >= 0.6 is 0 Å². The first-order chi connectivity index (χ1) is 15.3. The smallest absolute Gasteiger partial charge is 0.242 e. The van der Waals surface area contributed by atoms with Crippen molar-refractivity contribution in [3.63, 3.8) is 0 Å². The number of nitrogens with zero attached hydrogens (tertiary/aromatic N) is 1. The van der Waals surface area contributed by atoms with Crippen LogP contribution in [0.15, 0.2) is 48.5 Å². The summed E-state index contributed by atoms with van der Waals surface area (Å²) < 4.78 is 16.1. The summed E-state index contributed by atoms with van der Waals surface area (Å²) in [5, 5.41) is 2.89. The predicted molar refractivity (Wildman–Crippen MR) is 124 cm³/mol. The topological polar surface area (TPSA) is 77.1 Å². The first-order valence-corrected chi connectivity index (χ1v) is 10.8. The van der Waals surface area contributed by atoms with Gasteiger partial charge >= 0.3 is 0 Å². The molecule has 0 aliphatic heterocycles. The van der Waals surface area contributed by atoms with Crippen LogP contribution in [0, 0.1) is 0 Å². The van der Waals surface area contributed by atoms with Gasteiger partial charge in [-0.25, -0.2) is 0 Å². The van der Waals surface area contributed by atoms with E-state index in [1.54, 1.807) is 26.0 Å². The maximum atomic E-state index is 13.0. The average Bonchev–Trinajstić information content (AvgIpc) is 2.80. The summed E-state index contributed by atoms with van der Waals surface area (Å²) in [5.41, 5.74) is 0.929. The number of methoxy groups -OCH3 is 2. The summed E-state index contributed by atoms with van der Waals surface area (Å²) in [7, 11) is 3.22. The minimum atomic E-state index is -0.588. The molecule has 0 saturated heterocycles. The summed E-state index contributed by atoms with van der Waals surface area (Å²) in [4.78, 5) is 27.3. The third kappa shape index (κ3) is 7.80. The van der Waals surface area contributed by atoms with Gasteiger partial charge in [-0.3, -0.25) is 9.59 Å². The SMILES string of the molecule is COc1ccc(CN(C(=O)CCCOc2ccc(OC)cc2)[C@@H](C)C(=O)NC(C)C)cc1. The van der Waals surface area contributed by atoms with Gasteiger partial charge in [0.05, 0.1) is 20.8 Å². The maximum absolute atomic E-state index is 13.0. The van der Waals surface area contributed by atoms with Gasteiger partial charge in [0.2, 0.25) is 11.8 Å². The highest BCUT2D eigenvalue weighted by molar-refractivity contribution is 5.87. The molecular weight excluding hydrogens is 408 g/mol. The Morgan fingerprint density at radius 1 is 0.875 bits per heavy atom. The normalized spacial score (nSPS) is 11.6. The lowest BCUT2D eigenvalue weighted by molar-refractivity contribution is -0.141. The molecule has 0 spiro atoms. The van der Waals surface area contributed by atoms with Gasteiger partial charge in [-0.2, -0.15) is 0 Å². The third-order valence-corrected chi connectivity index (χ3v) is 4.97. The van der Waals surface area contributed by atoms with Crippen molar-refractivity contribution in [2.75, 3.05) is 20.8 Å². The van der Waals surface area contributed by atoms with Crippen molar-refractivity contribution >= 4 is 11.8 Å². The maximum Gasteiger partial charge on any atom is 0.242 e. The third-order valence-electron chi connectivity index (χ3n) is 4.97. The fourth-order valence-electron chi connectivity index (χ4n) is 3.14. The Kier molecular flexibility index (Phi) is 9.85. The Labute approximate surface area is 190 Å². The molecule has 0 saturated carbocycles. The zero-order valence-corrected chi connectivity index (χ0v) is 19.6. The van der Waals surface area contributed by atoms with Crippen LogP contribution in [-0.4, -0.2) is 49.6 Å². The van der Waals surface area contributed by atoms with Gasteiger partial charge in [-0.15, -0.1) is 0 Å². The van der Waals surface area contributed by atoms with Gasteiger partial charge in [0.15, 0.2) is 0 Å². The lowest BCUT2D eigenvalue weighted by Gasteiger charge is -2.29. The second kappa shape index (κ2) is 12.6. The van der Waals surface area contributed by atoms with E-state index < -0.39 is 6.04 Å². The molecule has 2 rings (SSSR count). The fourth-order valence-corrected chi connectivity index (χ4v) is 3.14. The van der Waals surface area contributed by atoms with E-state index in [0.29, 0.717) is 19.6 Å². The first kappa shape index (κ1) is 25.0. The molecule has 32 heavy (non-hydrogen) atoms. The second-order valence-corrected chi connectivity index (χ2v) is 7.84. The van der Waals surface area contributed by atoms with Gasteiger partial charge in [-0.05, 0) is 69.2 Å². The molecule has 0 unspecified atom stereocenters. The zero-order valence-electron chi connectivity index (χ0n) is 19.6. The molecule has 1 N–H and O–H groups in total. The van der Waals surface area contributed by atoms with Gasteiger partial charge in [0.1, 0.15) is 23.3 Å². The van der Waals surface area contributed by atoms with Crippen molar-refractivity contribution < 1.29 is 23.8 Å². The van der Waals surface area contributed by atoms with Gasteiger partial charge in [-0.1, -0.05) is 12.1 Å². The molecule has 0 fully saturated rings. The van der Waals surface area contributed by atoms with Crippen LogP contribution in [0.4, 0.5) is 0 Å². The lowest BCUT2D eigenvalue weighted by atomic mass is 10.1. The van der Waals surface area contributed by atoms with Crippen LogP contribution in [-0.2, 0) is 16.1 Å². The van der Waals surface area contributed by atoms with E-state index in [0.717, 1.165) is 22.8 Å². The van der Waals surface area contributed by atoms with Gasteiger partial charge in [0.25, 0.3) is 0 Å². The van der Waals surface area contributed by atoms with E-state index in [1.807, 2.05) is 62.4 Å². The van der Waals surface area contributed by atoms with Crippen LogP contribution in [0.1, 0.15) is 39.2 Å². The summed E-state index contributed by atoms with van der Waals surface area (Å²) >= 11 is 0. The van der Waals surface area contributed by atoms with Crippen molar-refractivity contribution in [1.82, 2.24) is 10.2 Å².